The number of aromatic nitrogens is 2. The van der Waals surface area contributed by atoms with E-state index < -0.39 is 0 Å². The van der Waals surface area contributed by atoms with Crippen LogP contribution in [0.3, 0.4) is 0 Å². The van der Waals surface area contributed by atoms with Crippen LogP contribution in [0.5, 0.6) is 0 Å². The number of hydrogen-bond donors (Lipinski definition) is 1. The first-order valence-electron chi connectivity index (χ1n) is 8.30. The number of nitrogens with zero attached hydrogens (tertiary/aromatic N) is 3. The molecule has 1 saturated heterocycles. The third-order valence-corrected chi connectivity index (χ3v) is 5.09. The van der Waals surface area contributed by atoms with Crippen molar-refractivity contribution in [1.29, 1.82) is 0 Å². The molecule has 0 spiro atoms. The summed E-state index contributed by atoms with van der Waals surface area (Å²) in [5.41, 5.74) is 0.618. The topological polar surface area (TPSA) is 88.3 Å². The lowest BCUT2D eigenvalue weighted by atomic mass is 10.1. The Bertz CT molecular complexity index is 955. The molecule has 1 N–H and O–H groups in total. The number of amides is 2. The summed E-state index contributed by atoms with van der Waals surface area (Å²) in [7, 11) is 0. The molecule has 1 aromatic carbocycles. The molecule has 3 aromatic rings. The standard InChI is InChI=1S/C18H15FN4O3S/c19-12-3-5-13(6-4-12)23-10-11(8-16(23)25)17-21-22-18(26-17)20-15(24)9-14-2-1-7-27-14/h1-7,11H,8-10H2,(H,20,22,24). The summed E-state index contributed by atoms with van der Waals surface area (Å²) in [6.45, 7) is 0.356. The molecule has 3 heterocycles. The minimum Gasteiger partial charge on any atom is -0.407 e. The quantitative estimate of drug-likeness (QED) is 0.728. The van der Waals surface area contributed by atoms with Gasteiger partial charge in [-0.05, 0) is 35.7 Å². The Balaban J connectivity index is 1.40. The molecule has 0 radical (unpaired) electrons. The molecule has 1 unspecified atom stereocenters. The van der Waals surface area contributed by atoms with Crippen molar-refractivity contribution < 1.29 is 18.4 Å². The van der Waals surface area contributed by atoms with Crippen molar-refractivity contribution in [3.05, 3.63) is 58.4 Å². The van der Waals surface area contributed by atoms with Gasteiger partial charge in [0.1, 0.15) is 5.82 Å². The number of anilines is 2. The van der Waals surface area contributed by atoms with Gasteiger partial charge in [0.25, 0.3) is 0 Å². The zero-order valence-electron chi connectivity index (χ0n) is 14.1. The SMILES string of the molecule is O=C(Cc1cccs1)Nc1nnc(C2CC(=O)N(c3ccc(F)cc3)C2)o1. The Morgan fingerprint density at radius 2 is 2.11 bits per heavy atom. The van der Waals surface area contributed by atoms with Gasteiger partial charge in [-0.3, -0.25) is 14.9 Å². The molecule has 9 heteroatoms. The van der Waals surface area contributed by atoms with Gasteiger partial charge in [-0.1, -0.05) is 11.2 Å². The molecule has 2 amide bonds. The molecular weight excluding hydrogens is 371 g/mol. The highest BCUT2D eigenvalue weighted by Gasteiger charge is 2.35. The van der Waals surface area contributed by atoms with Gasteiger partial charge in [-0.15, -0.1) is 16.4 Å². The van der Waals surface area contributed by atoms with Crippen LogP contribution in [0.15, 0.2) is 46.2 Å². The molecule has 2 aromatic heterocycles. The van der Waals surface area contributed by atoms with Crippen molar-refractivity contribution in [1.82, 2.24) is 10.2 Å². The third kappa shape index (κ3) is 3.87. The summed E-state index contributed by atoms with van der Waals surface area (Å²) >= 11 is 1.49. The molecule has 1 atom stereocenters. The molecule has 1 aliphatic heterocycles. The largest absolute Gasteiger partial charge is 0.407 e. The number of thiophene rings is 1. The zero-order chi connectivity index (χ0) is 18.8. The fourth-order valence-corrected chi connectivity index (χ4v) is 3.63. The Hall–Kier alpha value is -3.07. The highest BCUT2D eigenvalue weighted by molar-refractivity contribution is 7.10. The first kappa shape index (κ1) is 17.3. The number of carbonyl (C=O) groups is 2. The van der Waals surface area contributed by atoms with Gasteiger partial charge in [0, 0.05) is 23.5 Å². The molecule has 0 saturated carbocycles. The molecule has 1 aliphatic rings. The van der Waals surface area contributed by atoms with Crippen LogP contribution in [-0.4, -0.2) is 28.6 Å². The van der Waals surface area contributed by atoms with Crippen molar-refractivity contribution in [2.45, 2.75) is 18.8 Å². The summed E-state index contributed by atoms with van der Waals surface area (Å²) in [6.07, 6.45) is 0.442. The first-order valence-corrected chi connectivity index (χ1v) is 9.18. The van der Waals surface area contributed by atoms with E-state index >= 15 is 0 Å². The summed E-state index contributed by atoms with van der Waals surface area (Å²) in [5.74, 6) is -0.699. The number of rotatable bonds is 5. The van der Waals surface area contributed by atoms with Crippen LogP contribution in [0, 0.1) is 5.82 Å². The van der Waals surface area contributed by atoms with Crippen LogP contribution in [0.25, 0.3) is 0 Å². The minimum absolute atomic E-state index is 0.0132. The molecule has 27 heavy (non-hydrogen) atoms. The fraction of sp³-hybridized carbons (Fsp3) is 0.222. The third-order valence-electron chi connectivity index (χ3n) is 4.21. The van der Waals surface area contributed by atoms with E-state index in [1.165, 1.54) is 23.5 Å². The predicted molar refractivity (Wildman–Crippen MR) is 97.1 cm³/mol. The van der Waals surface area contributed by atoms with E-state index in [-0.39, 0.29) is 42.4 Å². The minimum atomic E-state index is -0.359. The van der Waals surface area contributed by atoms with E-state index in [2.05, 4.69) is 15.5 Å². The average molecular weight is 386 g/mol. The summed E-state index contributed by atoms with van der Waals surface area (Å²) in [6, 6.07) is 9.49. The summed E-state index contributed by atoms with van der Waals surface area (Å²) in [4.78, 5) is 26.8. The maximum atomic E-state index is 13.1. The Labute approximate surface area is 157 Å². The molecule has 1 fully saturated rings. The van der Waals surface area contributed by atoms with Crippen LogP contribution >= 0.6 is 11.3 Å². The number of carbonyl (C=O) groups excluding carboxylic acids is 2. The van der Waals surface area contributed by atoms with Gasteiger partial charge in [-0.2, -0.15) is 0 Å². The van der Waals surface area contributed by atoms with Crippen molar-refractivity contribution in [2.24, 2.45) is 0 Å². The molecule has 0 bridgehead atoms. The molecular formula is C18H15FN4O3S. The van der Waals surface area contributed by atoms with Gasteiger partial charge < -0.3 is 9.32 Å². The molecule has 7 nitrogen and oxygen atoms in total. The molecule has 138 valence electrons. The van der Waals surface area contributed by atoms with Crippen LogP contribution in [0.1, 0.15) is 23.1 Å². The normalized spacial score (nSPS) is 16.7. The average Bonchev–Trinajstić information content (AvgIpc) is 3.37. The van der Waals surface area contributed by atoms with E-state index in [4.69, 9.17) is 4.42 Å². The van der Waals surface area contributed by atoms with Gasteiger partial charge in [0.05, 0.1) is 12.3 Å². The maximum absolute atomic E-state index is 13.1. The monoisotopic (exact) mass is 386 g/mol. The van der Waals surface area contributed by atoms with E-state index in [1.807, 2.05) is 17.5 Å². The number of benzene rings is 1. The molecule has 4 rings (SSSR count). The lowest BCUT2D eigenvalue weighted by molar-refractivity contribution is -0.117. The number of nitrogens with one attached hydrogen (secondary N) is 1. The van der Waals surface area contributed by atoms with Gasteiger partial charge in [0.2, 0.25) is 17.7 Å². The van der Waals surface area contributed by atoms with Crippen molar-refractivity contribution >= 4 is 34.9 Å². The highest BCUT2D eigenvalue weighted by atomic mass is 32.1. The van der Waals surface area contributed by atoms with Crippen molar-refractivity contribution in [3.63, 3.8) is 0 Å². The second-order valence-corrected chi connectivity index (χ2v) is 7.16. The smallest absolute Gasteiger partial charge is 0.322 e. The lowest BCUT2D eigenvalue weighted by Crippen LogP contribution is -2.24. The number of hydrogen-bond acceptors (Lipinski definition) is 6. The zero-order valence-corrected chi connectivity index (χ0v) is 14.9. The first-order chi connectivity index (χ1) is 13.1. The Morgan fingerprint density at radius 3 is 2.85 bits per heavy atom. The van der Waals surface area contributed by atoms with Gasteiger partial charge in [-0.25, -0.2) is 4.39 Å². The van der Waals surface area contributed by atoms with Gasteiger partial charge in [0.15, 0.2) is 0 Å². The Kier molecular flexibility index (Phi) is 4.68. The summed E-state index contributed by atoms with van der Waals surface area (Å²) < 4.78 is 18.6. The van der Waals surface area contributed by atoms with Crippen LogP contribution in [-0.2, 0) is 16.0 Å². The Morgan fingerprint density at radius 1 is 1.30 bits per heavy atom. The van der Waals surface area contributed by atoms with Crippen LogP contribution in [0.2, 0.25) is 0 Å². The maximum Gasteiger partial charge on any atom is 0.322 e. The van der Waals surface area contributed by atoms with Crippen molar-refractivity contribution in [2.75, 3.05) is 16.8 Å². The number of halogens is 1. The van der Waals surface area contributed by atoms with E-state index in [9.17, 15) is 14.0 Å². The summed E-state index contributed by atoms with van der Waals surface area (Å²) in [5, 5.41) is 12.3. The second kappa shape index (κ2) is 7.28. The lowest BCUT2D eigenvalue weighted by Gasteiger charge is -2.15. The molecule has 0 aliphatic carbocycles. The second-order valence-electron chi connectivity index (χ2n) is 6.13. The van der Waals surface area contributed by atoms with E-state index in [0.29, 0.717) is 18.1 Å². The van der Waals surface area contributed by atoms with Crippen LogP contribution < -0.4 is 10.2 Å². The highest BCUT2D eigenvalue weighted by Crippen LogP contribution is 2.31. The van der Waals surface area contributed by atoms with Crippen molar-refractivity contribution in [3.8, 4) is 0 Å². The van der Waals surface area contributed by atoms with E-state index in [0.717, 1.165) is 4.88 Å². The fourth-order valence-electron chi connectivity index (χ4n) is 2.93. The van der Waals surface area contributed by atoms with Gasteiger partial charge >= 0.3 is 6.01 Å². The van der Waals surface area contributed by atoms with E-state index in [1.54, 1.807) is 17.0 Å². The van der Waals surface area contributed by atoms with Crippen LogP contribution in [0.4, 0.5) is 16.1 Å². The predicted octanol–water partition coefficient (Wildman–Crippen LogP) is 2.97.